The van der Waals surface area contributed by atoms with E-state index in [2.05, 4.69) is 24.0 Å². The van der Waals surface area contributed by atoms with Crippen molar-refractivity contribution in [2.45, 2.75) is 64.3 Å². The number of fused-ring (bicyclic) bond motifs is 1. The Morgan fingerprint density at radius 3 is 2.62 bits per heavy atom. The number of carbonyl (C=O) groups is 1. The molecular formula is C21H26N2O. The van der Waals surface area contributed by atoms with Crippen LogP contribution in [0.15, 0.2) is 24.3 Å². The lowest BCUT2D eigenvalue weighted by molar-refractivity contribution is -0.118. The summed E-state index contributed by atoms with van der Waals surface area (Å²) in [7, 11) is 0. The number of hydrogen-bond acceptors (Lipinski definition) is 2. The van der Waals surface area contributed by atoms with Crippen molar-refractivity contribution in [3.63, 3.8) is 0 Å². The van der Waals surface area contributed by atoms with Crippen LogP contribution >= 0.6 is 0 Å². The van der Waals surface area contributed by atoms with E-state index < -0.39 is 0 Å². The van der Waals surface area contributed by atoms with Crippen LogP contribution in [-0.4, -0.2) is 11.3 Å². The second-order valence-corrected chi connectivity index (χ2v) is 7.79. The van der Waals surface area contributed by atoms with Gasteiger partial charge in [-0.25, -0.2) is 4.85 Å². The number of nitrogens with zero attached hydrogens (tertiary/aromatic N) is 1. The number of nitrogens with one attached hydrogen (secondary N) is 1. The Morgan fingerprint density at radius 1 is 1.25 bits per heavy atom. The first-order valence-corrected chi connectivity index (χ1v) is 9.03. The molecule has 1 aliphatic carbocycles. The fourth-order valence-corrected chi connectivity index (χ4v) is 3.93. The van der Waals surface area contributed by atoms with Crippen LogP contribution in [0.3, 0.4) is 0 Å². The van der Waals surface area contributed by atoms with Crippen LogP contribution in [-0.2, 0) is 11.2 Å². The highest BCUT2D eigenvalue weighted by Crippen LogP contribution is 2.33. The minimum absolute atomic E-state index is 0.0812. The van der Waals surface area contributed by atoms with E-state index in [0.29, 0.717) is 5.69 Å². The zero-order valence-electron chi connectivity index (χ0n) is 14.7. The lowest BCUT2D eigenvalue weighted by Crippen LogP contribution is -2.44. The van der Waals surface area contributed by atoms with Crippen molar-refractivity contribution in [3.8, 4) is 0 Å². The lowest BCUT2D eigenvalue weighted by Gasteiger charge is -2.36. The van der Waals surface area contributed by atoms with Gasteiger partial charge in [0.05, 0.1) is 6.57 Å². The van der Waals surface area contributed by atoms with Gasteiger partial charge >= 0.3 is 0 Å². The maximum atomic E-state index is 12.8. The number of allylic oxidation sites excluding steroid dienone is 1. The van der Waals surface area contributed by atoms with E-state index in [9.17, 15) is 4.79 Å². The van der Waals surface area contributed by atoms with Gasteiger partial charge in [0.15, 0.2) is 11.5 Å². The summed E-state index contributed by atoms with van der Waals surface area (Å²) in [4.78, 5) is 16.4. The van der Waals surface area contributed by atoms with Crippen LogP contribution in [0.1, 0.15) is 63.5 Å². The average Bonchev–Trinajstić information content (AvgIpc) is 2.83. The molecule has 1 aliphatic heterocycles. The molecule has 1 saturated carbocycles. The summed E-state index contributed by atoms with van der Waals surface area (Å²) >= 11 is 0. The predicted octanol–water partition coefficient (Wildman–Crippen LogP) is 5.04. The molecule has 0 radical (unpaired) electrons. The third-order valence-electron chi connectivity index (χ3n) is 5.16. The maximum absolute atomic E-state index is 12.8. The molecule has 0 unspecified atom stereocenters. The van der Waals surface area contributed by atoms with E-state index in [1.807, 2.05) is 24.3 Å². The largest absolute Gasteiger partial charge is 0.379 e. The summed E-state index contributed by atoms with van der Waals surface area (Å²) in [5.74, 6) is 0.413. The molecule has 0 spiro atoms. The Bertz CT molecular complexity index is 701. The van der Waals surface area contributed by atoms with Crippen molar-refractivity contribution in [2.24, 2.45) is 5.92 Å². The predicted molar refractivity (Wildman–Crippen MR) is 97.8 cm³/mol. The molecule has 1 N–H and O–H groups in total. The van der Waals surface area contributed by atoms with Gasteiger partial charge in [-0.05, 0) is 50.3 Å². The standard InChI is InChI=1S/C21H26N2O/c1-21(2)14-16-10-11-17(22-3)12-18(16)19(23-21)13-20(24)15-8-6-4-5-7-9-15/h10-13,15,23H,4-9,14H2,1-2H3/b19-13-. The average molecular weight is 322 g/mol. The summed E-state index contributed by atoms with van der Waals surface area (Å²) in [6.07, 6.45) is 9.57. The highest BCUT2D eigenvalue weighted by Gasteiger charge is 2.29. The molecule has 24 heavy (non-hydrogen) atoms. The molecule has 3 rings (SSSR count). The first-order valence-electron chi connectivity index (χ1n) is 9.03. The quantitative estimate of drug-likeness (QED) is 0.470. The molecule has 0 saturated heterocycles. The first-order chi connectivity index (χ1) is 11.5. The minimum Gasteiger partial charge on any atom is -0.379 e. The van der Waals surface area contributed by atoms with Crippen LogP contribution in [0.4, 0.5) is 5.69 Å². The number of ketones is 1. The van der Waals surface area contributed by atoms with Gasteiger partial charge in [0.1, 0.15) is 0 Å². The SMILES string of the molecule is [C-]#[N+]c1ccc2c(c1)/C(=C/C(=O)C1CCCCCC1)NC(C)(C)C2. The van der Waals surface area contributed by atoms with Crippen molar-refractivity contribution in [1.82, 2.24) is 5.32 Å². The Kier molecular flexibility index (Phi) is 4.76. The molecular weight excluding hydrogens is 296 g/mol. The first kappa shape index (κ1) is 16.8. The summed E-state index contributed by atoms with van der Waals surface area (Å²) < 4.78 is 0. The summed E-state index contributed by atoms with van der Waals surface area (Å²) in [5, 5.41) is 3.52. The number of rotatable bonds is 2. The fourth-order valence-electron chi connectivity index (χ4n) is 3.93. The Morgan fingerprint density at radius 2 is 1.96 bits per heavy atom. The van der Waals surface area contributed by atoms with Gasteiger partial charge in [0.2, 0.25) is 0 Å². The van der Waals surface area contributed by atoms with Crippen molar-refractivity contribution >= 4 is 17.2 Å². The third kappa shape index (κ3) is 3.70. The van der Waals surface area contributed by atoms with E-state index in [1.165, 1.54) is 18.4 Å². The highest BCUT2D eigenvalue weighted by molar-refractivity contribution is 5.98. The fraction of sp³-hybridized carbons (Fsp3) is 0.524. The second kappa shape index (κ2) is 6.81. The maximum Gasteiger partial charge on any atom is 0.187 e. The van der Waals surface area contributed by atoms with Crippen LogP contribution in [0.5, 0.6) is 0 Å². The highest BCUT2D eigenvalue weighted by atomic mass is 16.1. The molecule has 3 heteroatoms. The van der Waals surface area contributed by atoms with E-state index >= 15 is 0 Å². The van der Waals surface area contributed by atoms with Crippen molar-refractivity contribution in [2.75, 3.05) is 0 Å². The number of benzene rings is 1. The Hall–Kier alpha value is -2.08. The lowest BCUT2D eigenvalue weighted by atomic mass is 9.84. The van der Waals surface area contributed by atoms with Gasteiger partial charge in [0.25, 0.3) is 0 Å². The van der Waals surface area contributed by atoms with Crippen LogP contribution in [0, 0.1) is 12.5 Å². The van der Waals surface area contributed by atoms with E-state index in [4.69, 9.17) is 6.57 Å². The van der Waals surface area contributed by atoms with E-state index in [-0.39, 0.29) is 17.2 Å². The van der Waals surface area contributed by atoms with Crippen LogP contribution in [0.2, 0.25) is 0 Å². The summed E-state index contributed by atoms with van der Waals surface area (Å²) in [6, 6.07) is 5.82. The van der Waals surface area contributed by atoms with Gasteiger partial charge in [-0.3, -0.25) is 4.79 Å². The van der Waals surface area contributed by atoms with Gasteiger partial charge in [-0.1, -0.05) is 37.8 Å². The second-order valence-electron chi connectivity index (χ2n) is 7.79. The zero-order chi connectivity index (χ0) is 17.2. The normalized spacial score (nSPS) is 22.1. The van der Waals surface area contributed by atoms with Crippen molar-refractivity contribution in [1.29, 1.82) is 0 Å². The molecule has 3 nitrogen and oxygen atoms in total. The third-order valence-corrected chi connectivity index (χ3v) is 5.16. The topological polar surface area (TPSA) is 33.5 Å². The zero-order valence-corrected chi connectivity index (χ0v) is 14.7. The molecule has 0 bridgehead atoms. The molecule has 2 aliphatic rings. The summed E-state index contributed by atoms with van der Waals surface area (Å²) in [5.41, 5.74) is 3.67. The Balaban J connectivity index is 1.94. The van der Waals surface area contributed by atoms with Gasteiger partial charge < -0.3 is 5.32 Å². The van der Waals surface area contributed by atoms with Crippen molar-refractivity contribution < 1.29 is 4.79 Å². The van der Waals surface area contributed by atoms with Crippen LogP contribution in [0.25, 0.3) is 10.5 Å². The smallest absolute Gasteiger partial charge is 0.187 e. The number of hydrogen-bond donors (Lipinski definition) is 1. The van der Waals surface area contributed by atoms with Crippen LogP contribution < -0.4 is 5.32 Å². The molecule has 1 aromatic rings. The molecule has 126 valence electrons. The molecule has 0 atom stereocenters. The summed E-state index contributed by atoms with van der Waals surface area (Å²) in [6.45, 7) is 11.6. The van der Waals surface area contributed by atoms with E-state index in [0.717, 1.165) is 43.4 Å². The number of carbonyl (C=O) groups excluding carboxylic acids is 1. The molecule has 0 aromatic heterocycles. The molecule has 0 amide bonds. The van der Waals surface area contributed by atoms with Gasteiger partial charge in [0, 0.05) is 23.2 Å². The van der Waals surface area contributed by atoms with Crippen molar-refractivity contribution in [3.05, 3.63) is 46.8 Å². The van der Waals surface area contributed by atoms with E-state index in [1.54, 1.807) is 0 Å². The van der Waals surface area contributed by atoms with Gasteiger partial charge in [-0.15, -0.1) is 0 Å². The molecule has 1 aromatic carbocycles. The minimum atomic E-state index is -0.0812. The van der Waals surface area contributed by atoms with Gasteiger partial charge in [-0.2, -0.15) is 0 Å². The molecule has 1 fully saturated rings. The Labute approximate surface area is 145 Å². The molecule has 1 heterocycles. The monoisotopic (exact) mass is 322 g/mol.